The number of carbonyl (C=O) groups excluding carboxylic acids is 1. The molecule has 1 atom stereocenters. The van der Waals surface area contributed by atoms with Crippen molar-refractivity contribution in [1.82, 2.24) is 0 Å². The second-order valence-electron chi connectivity index (χ2n) is 8.68. The van der Waals surface area contributed by atoms with Gasteiger partial charge in [0, 0.05) is 5.56 Å². The molecule has 0 amide bonds. The molecule has 0 aliphatic heterocycles. The summed E-state index contributed by atoms with van der Waals surface area (Å²) in [7, 11) is 0. The SMILES string of the molecule is C=CC(O)(Oc1ccc(CCCCCCCCCCCC)cc1)C(=O)c1ccc(N)c(O)c1. The first-order chi connectivity index (χ1) is 15.9. The van der Waals surface area contributed by atoms with E-state index in [1.165, 1.54) is 81.5 Å². The molecule has 1 unspecified atom stereocenters. The van der Waals surface area contributed by atoms with Crippen LogP contribution in [0.15, 0.2) is 55.1 Å². The molecule has 0 fully saturated rings. The van der Waals surface area contributed by atoms with Gasteiger partial charge in [-0.3, -0.25) is 4.79 Å². The molecule has 0 bridgehead atoms. The van der Waals surface area contributed by atoms with E-state index in [1.807, 2.05) is 12.1 Å². The molecule has 0 heterocycles. The normalized spacial score (nSPS) is 12.8. The number of carbonyl (C=O) groups is 1. The van der Waals surface area contributed by atoms with E-state index in [0.717, 1.165) is 18.9 Å². The number of rotatable bonds is 16. The second-order valence-corrected chi connectivity index (χ2v) is 8.68. The molecule has 2 aromatic rings. The van der Waals surface area contributed by atoms with E-state index >= 15 is 0 Å². The van der Waals surface area contributed by atoms with Gasteiger partial charge in [-0.2, -0.15) is 0 Å². The maximum atomic E-state index is 12.7. The highest BCUT2D eigenvalue weighted by atomic mass is 16.6. The van der Waals surface area contributed by atoms with Crippen LogP contribution in [0.1, 0.15) is 87.1 Å². The van der Waals surface area contributed by atoms with Gasteiger partial charge in [-0.05, 0) is 54.8 Å². The van der Waals surface area contributed by atoms with Crippen molar-refractivity contribution in [3.05, 3.63) is 66.2 Å². The van der Waals surface area contributed by atoms with Crippen LogP contribution in [0.5, 0.6) is 11.5 Å². The fourth-order valence-electron chi connectivity index (χ4n) is 3.79. The van der Waals surface area contributed by atoms with Crippen molar-refractivity contribution in [2.24, 2.45) is 0 Å². The van der Waals surface area contributed by atoms with Crippen molar-refractivity contribution >= 4 is 11.5 Å². The lowest BCUT2D eigenvalue weighted by Gasteiger charge is -2.24. The van der Waals surface area contributed by atoms with Crippen molar-refractivity contribution in [2.45, 2.75) is 83.3 Å². The number of nitrogen functional groups attached to an aromatic ring is 1. The maximum absolute atomic E-state index is 12.7. The van der Waals surface area contributed by atoms with Gasteiger partial charge in [0.15, 0.2) is 0 Å². The van der Waals surface area contributed by atoms with Gasteiger partial charge in [-0.1, -0.05) is 83.4 Å². The van der Waals surface area contributed by atoms with Crippen LogP contribution in [-0.4, -0.2) is 21.8 Å². The third-order valence-electron chi connectivity index (χ3n) is 5.91. The fourth-order valence-corrected chi connectivity index (χ4v) is 3.79. The number of nitrogens with two attached hydrogens (primary N) is 1. The molecule has 0 radical (unpaired) electrons. The second kappa shape index (κ2) is 13.7. The molecule has 180 valence electrons. The Kier molecular flexibility index (Phi) is 11.0. The molecule has 5 nitrogen and oxygen atoms in total. The van der Waals surface area contributed by atoms with Crippen LogP contribution in [0.25, 0.3) is 0 Å². The van der Waals surface area contributed by atoms with E-state index in [4.69, 9.17) is 10.5 Å². The van der Waals surface area contributed by atoms with Gasteiger partial charge in [0.2, 0.25) is 5.78 Å². The van der Waals surface area contributed by atoms with E-state index < -0.39 is 11.6 Å². The number of aliphatic hydroxyl groups is 1. The van der Waals surface area contributed by atoms with Crippen molar-refractivity contribution in [2.75, 3.05) is 5.73 Å². The van der Waals surface area contributed by atoms with Crippen molar-refractivity contribution in [3.8, 4) is 11.5 Å². The molecule has 0 aliphatic rings. The number of ketones is 1. The van der Waals surface area contributed by atoms with E-state index in [0.29, 0.717) is 5.75 Å². The number of aryl methyl sites for hydroxylation is 1. The number of ether oxygens (including phenoxy) is 1. The first kappa shape index (κ1) is 26.5. The van der Waals surface area contributed by atoms with Gasteiger partial charge in [0.1, 0.15) is 11.5 Å². The molecule has 5 heteroatoms. The quantitative estimate of drug-likeness (QED) is 0.0667. The highest BCUT2D eigenvalue weighted by molar-refractivity contribution is 6.03. The van der Waals surface area contributed by atoms with Gasteiger partial charge >= 0.3 is 0 Å². The Balaban J connectivity index is 1.78. The number of phenols is 1. The first-order valence-electron chi connectivity index (χ1n) is 12.2. The summed E-state index contributed by atoms with van der Waals surface area (Å²) >= 11 is 0. The van der Waals surface area contributed by atoms with Crippen LogP contribution in [0, 0.1) is 0 Å². The van der Waals surface area contributed by atoms with E-state index in [-0.39, 0.29) is 17.0 Å². The van der Waals surface area contributed by atoms with Crippen LogP contribution in [0.4, 0.5) is 5.69 Å². The number of unbranched alkanes of at least 4 members (excludes halogenated alkanes) is 9. The van der Waals surface area contributed by atoms with Crippen LogP contribution < -0.4 is 10.5 Å². The first-order valence-corrected chi connectivity index (χ1v) is 12.2. The minimum absolute atomic E-state index is 0.0710. The summed E-state index contributed by atoms with van der Waals surface area (Å²) in [5, 5.41) is 20.5. The summed E-state index contributed by atoms with van der Waals surface area (Å²) in [6.45, 7) is 5.79. The third-order valence-corrected chi connectivity index (χ3v) is 5.91. The Hall–Kier alpha value is -2.79. The van der Waals surface area contributed by atoms with E-state index in [2.05, 4.69) is 13.5 Å². The summed E-state index contributed by atoms with van der Waals surface area (Å²) in [6, 6.07) is 11.4. The number of aromatic hydroxyl groups is 1. The minimum atomic E-state index is -2.25. The smallest absolute Gasteiger partial charge is 0.292 e. The van der Waals surface area contributed by atoms with Crippen LogP contribution in [0.2, 0.25) is 0 Å². The summed E-state index contributed by atoms with van der Waals surface area (Å²) in [5.74, 6) is -2.86. The number of Topliss-reactive ketones (excluding diaryl/α,β-unsaturated/α-hetero) is 1. The average Bonchev–Trinajstić information content (AvgIpc) is 2.82. The Morgan fingerprint density at radius 2 is 1.55 bits per heavy atom. The lowest BCUT2D eigenvalue weighted by molar-refractivity contribution is -0.0626. The van der Waals surface area contributed by atoms with Crippen LogP contribution in [0.3, 0.4) is 0 Å². The van der Waals surface area contributed by atoms with Gasteiger partial charge in [0.05, 0.1) is 5.69 Å². The zero-order chi connectivity index (χ0) is 24.1. The zero-order valence-corrected chi connectivity index (χ0v) is 19.9. The lowest BCUT2D eigenvalue weighted by atomic mass is 10.0. The molecular formula is C28H39NO4. The number of hydrogen-bond donors (Lipinski definition) is 3. The predicted octanol–water partition coefficient (Wildman–Crippen LogP) is 6.57. The summed E-state index contributed by atoms with van der Waals surface area (Å²) in [6.07, 6.45) is 15.1. The van der Waals surface area contributed by atoms with Gasteiger partial charge in [-0.25, -0.2) is 0 Å². The third kappa shape index (κ3) is 8.58. The molecule has 0 aliphatic carbocycles. The predicted molar refractivity (Wildman–Crippen MR) is 135 cm³/mol. The van der Waals surface area contributed by atoms with Crippen molar-refractivity contribution < 1.29 is 19.7 Å². The number of phenolic OH excluding ortho intramolecular Hbond substituents is 1. The maximum Gasteiger partial charge on any atom is 0.292 e. The summed E-state index contributed by atoms with van der Waals surface area (Å²) < 4.78 is 5.57. The average molecular weight is 454 g/mol. The van der Waals surface area contributed by atoms with Crippen LogP contribution >= 0.6 is 0 Å². The highest BCUT2D eigenvalue weighted by Gasteiger charge is 2.36. The highest BCUT2D eigenvalue weighted by Crippen LogP contribution is 2.26. The monoisotopic (exact) mass is 453 g/mol. The molecule has 4 N–H and O–H groups in total. The molecule has 0 spiro atoms. The molecule has 0 saturated heterocycles. The van der Waals surface area contributed by atoms with Crippen molar-refractivity contribution in [3.63, 3.8) is 0 Å². The molecule has 2 rings (SSSR count). The Morgan fingerprint density at radius 1 is 0.970 bits per heavy atom. The van der Waals surface area contributed by atoms with Crippen molar-refractivity contribution in [1.29, 1.82) is 0 Å². The number of benzene rings is 2. The molecule has 2 aromatic carbocycles. The van der Waals surface area contributed by atoms with Gasteiger partial charge in [0.25, 0.3) is 5.79 Å². The van der Waals surface area contributed by atoms with E-state index in [1.54, 1.807) is 12.1 Å². The summed E-state index contributed by atoms with van der Waals surface area (Å²) in [5.41, 5.74) is 6.99. The summed E-state index contributed by atoms with van der Waals surface area (Å²) in [4.78, 5) is 12.7. The van der Waals surface area contributed by atoms with Gasteiger partial charge in [-0.15, -0.1) is 0 Å². The lowest BCUT2D eigenvalue weighted by Crippen LogP contribution is -2.42. The Bertz CT molecular complexity index is 878. The number of anilines is 1. The van der Waals surface area contributed by atoms with Crippen LogP contribution in [-0.2, 0) is 6.42 Å². The van der Waals surface area contributed by atoms with E-state index in [9.17, 15) is 15.0 Å². The number of hydrogen-bond acceptors (Lipinski definition) is 5. The standard InChI is InChI=1S/C28H39NO4/c1-3-5-6-7-8-9-10-11-12-13-14-22-15-18-24(19-16-22)33-28(32,4-2)27(31)23-17-20-25(29)26(30)21-23/h4,15-21,30,32H,2-3,5-14,29H2,1H3. The minimum Gasteiger partial charge on any atom is -0.506 e. The van der Waals surface area contributed by atoms with Gasteiger partial charge < -0.3 is 20.7 Å². The zero-order valence-electron chi connectivity index (χ0n) is 19.9. The largest absolute Gasteiger partial charge is 0.506 e. The fraction of sp³-hybridized carbons (Fsp3) is 0.464. The molecular weight excluding hydrogens is 414 g/mol. The molecule has 33 heavy (non-hydrogen) atoms. The molecule has 0 aromatic heterocycles. The molecule has 0 saturated carbocycles. The topological polar surface area (TPSA) is 92.8 Å². The Morgan fingerprint density at radius 3 is 2.09 bits per heavy atom. The Labute approximate surface area is 198 Å².